The van der Waals surface area contributed by atoms with E-state index in [4.69, 9.17) is 0 Å². The molecule has 1 saturated heterocycles. The van der Waals surface area contributed by atoms with E-state index >= 15 is 0 Å². The van der Waals surface area contributed by atoms with Gasteiger partial charge in [-0.05, 0) is 6.92 Å². The Morgan fingerprint density at radius 3 is 2.53 bits per heavy atom. The van der Waals surface area contributed by atoms with Crippen LogP contribution in [0.25, 0.3) is 0 Å². The van der Waals surface area contributed by atoms with Crippen LogP contribution in [0, 0.1) is 6.92 Å². The van der Waals surface area contributed by atoms with E-state index in [1.54, 1.807) is 0 Å². The fourth-order valence-electron chi connectivity index (χ4n) is 1.96. The number of aromatic nitrogens is 3. The van der Waals surface area contributed by atoms with Gasteiger partial charge in [-0.15, -0.1) is 0 Å². The van der Waals surface area contributed by atoms with E-state index in [0.29, 0.717) is 5.92 Å². The molecule has 94 valence electrons. The van der Waals surface area contributed by atoms with E-state index in [-0.39, 0.29) is 0 Å². The van der Waals surface area contributed by atoms with E-state index < -0.39 is 0 Å². The molecule has 17 heavy (non-hydrogen) atoms. The lowest BCUT2D eigenvalue weighted by Gasteiger charge is -2.26. The lowest BCUT2D eigenvalue weighted by molar-refractivity contribution is 0.227. The average Bonchev–Trinajstić information content (AvgIpc) is 2.29. The van der Waals surface area contributed by atoms with Crippen LogP contribution in [0.4, 0.5) is 0 Å². The molecule has 1 fully saturated rings. The second-order valence-corrected chi connectivity index (χ2v) is 4.84. The van der Waals surface area contributed by atoms with Gasteiger partial charge < -0.3 is 5.32 Å². The van der Waals surface area contributed by atoms with Gasteiger partial charge in [0.1, 0.15) is 17.5 Å². The van der Waals surface area contributed by atoms with Gasteiger partial charge in [0.15, 0.2) is 0 Å². The molecule has 2 rings (SSSR count). The summed E-state index contributed by atoms with van der Waals surface area (Å²) in [4.78, 5) is 15.7. The summed E-state index contributed by atoms with van der Waals surface area (Å²) >= 11 is 0. The van der Waals surface area contributed by atoms with E-state index in [9.17, 15) is 0 Å². The highest BCUT2D eigenvalue weighted by atomic mass is 15.2. The third-order valence-corrected chi connectivity index (χ3v) is 2.90. The topological polar surface area (TPSA) is 53.9 Å². The Morgan fingerprint density at radius 2 is 1.88 bits per heavy atom. The SMILES string of the molecule is Cc1nc(CN2CCNCC2)nc(C(C)C)n1. The highest BCUT2D eigenvalue weighted by molar-refractivity contribution is 5.00. The predicted octanol–water partition coefficient (Wildman–Crippen LogP) is 0.709. The Labute approximate surface area is 103 Å². The second kappa shape index (κ2) is 5.51. The quantitative estimate of drug-likeness (QED) is 0.836. The lowest BCUT2D eigenvalue weighted by atomic mass is 10.2. The van der Waals surface area contributed by atoms with E-state index in [0.717, 1.165) is 50.2 Å². The van der Waals surface area contributed by atoms with Crippen LogP contribution in [0.3, 0.4) is 0 Å². The van der Waals surface area contributed by atoms with E-state index in [2.05, 4.69) is 39.0 Å². The first-order chi connectivity index (χ1) is 8.15. The maximum absolute atomic E-state index is 4.54. The summed E-state index contributed by atoms with van der Waals surface area (Å²) in [5, 5.41) is 3.35. The highest BCUT2D eigenvalue weighted by Gasteiger charge is 2.13. The van der Waals surface area contributed by atoms with Crippen LogP contribution < -0.4 is 5.32 Å². The molecule has 0 radical (unpaired) electrons. The van der Waals surface area contributed by atoms with Crippen molar-refractivity contribution in [2.45, 2.75) is 33.2 Å². The third-order valence-electron chi connectivity index (χ3n) is 2.90. The van der Waals surface area contributed by atoms with Gasteiger partial charge in [0, 0.05) is 32.1 Å². The number of hydrogen-bond acceptors (Lipinski definition) is 5. The Morgan fingerprint density at radius 1 is 1.18 bits per heavy atom. The van der Waals surface area contributed by atoms with Crippen molar-refractivity contribution in [2.24, 2.45) is 0 Å². The third kappa shape index (κ3) is 3.44. The molecule has 1 N–H and O–H groups in total. The largest absolute Gasteiger partial charge is 0.314 e. The Balaban J connectivity index is 2.09. The monoisotopic (exact) mass is 235 g/mol. The summed E-state index contributed by atoms with van der Waals surface area (Å²) in [6.07, 6.45) is 0. The van der Waals surface area contributed by atoms with E-state index in [1.165, 1.54) is 0 Å². The van der Waals surface area contributed by atoms with Crippen LogP contribution in [0.1, 0.15) is 37.2 Å². The fourth-order valence-corrected chi connectivity index (χ4v) is 1.96. The van der Waals surface area contributed by atoms with Gasteiger partial charge in [0.2, 0.25) is 0 Å². The van der Waals surface area contributed by atoms with Crippen molar-refractivity contribution in [3.05, 3.63) is 17.5 Å². The van der Waals surface area contributed by atoms with Crippen LogP contribution in [0.5, 0.6) is 0 Å². The molecule has 0 bridgehead atoms. The van der Waals surface area contributed by atoms with Crippen LogP contribution in [0.2, 0.25) is 0 Å². The second-order valence-electron chi connectivity index (χ2n) is 4.84. The van der Waals surface area contributed by atoms with E-state index in [1.807, 2.05) is 6.92 Å². The molecule has 0 aliphatic carbocycles. The molecule has 0 atom stereocenters. The smallest absolute Gasteiger partial charge is 0.146 e. The molecular weight excluding hydrogens is 214 g/mol. The Kier molecular flexibility index (Phi) is 4.02. The van der Waals surface area contributed by atoms with Crippen LogP contribution in [-0.2, 0) is 6.54 Å². The van der Waals surface area contributed by atoms with Gasteiger partial charge in [-0.1, -0.05) is 13.8 Å². The standard InChI is InChI=1S/C12H21N5/c1-9(2)12-15-10(3)14-11(16-12)8-17-6-4-13-5-7-17/h9,13H,4-8H2,1-3H3. The van der Waals surface area contributed by atoms with Crippen molar-refractivity contribution in [2.75, 3.05) is 26.2 Å². The molecule has 2 heterocycles. The zero-order chi connectivity index (χ0) is 12.3. The minimum Gasteiger partial charge on any atom is -0.314 e. The van der Waals surface area contributed by atoms with Crippen LogP contribution >= 0.6 is 0 Å². The number of piperazine rings is 1. The summed E-state index contributed by atoms with van der Waals surface area (Å²) in [5.74, 6) is 3.00. The number of nitrogens with one attached hydrogen (secondary N) is 1. The predicted molar refractivity (Wildman–Crippen MR) is 66.8 cm³/mol. The molecule has 1 aliphatic rings. The molecule has 0 spiro atoms. The summed E-state index contributed by atoms with van der Waals surface area (Å²) in [6, 6.07) is 0. The molecule has 0 aromatic carbocycles. The van der Waals surface area contributed by atoms with Crippen molar-refractivity contribution >= 4 is 0 Å². The van der Waals surface area contributed by atoms with Crippen LogP contribution in [-0.4, -0.2) is 46.0 Å². The minimum absolute atomic E-state index is 0.360. The van der Waals surface area contributed by atoms with Crippen molar-refractivity contribution in [1.29, 1.82) is 0 Å². The number of aryl methyl sites for hydroxylation is 1. The molecular formula is C12H21N5. The van der Waals surface area contributed by atoms with Crippen molar-refractivity contribution in [3.63, 3.8) is 0 Å². The van der Waals surface area contributed by atoms with Gasteiger partial charge in [-0.3, -0.25) is 4.90 Å². The number of hydrogen-bond donors (Lipinski definition) is 1. The fraction of sp³-hybridized carbons (Fsp3) is 0.750. The molecule has 1 aromatic heterocycles. The molecule has 5 heteroatoms. The number of nitrogens with zero attached hydrogens (tertiary/aromatic N) is 4. The van der Waals surface area contributed by atoms with Crippen molar-refractivity contribution < 1.29 is 0 Å². The average molecular weight is 235 g/mol. The molecule has 5 nitrogen and oxygen atoms in total. The Hall–Kier alpha value is -1.07. The summed E-state index contributed by atoms with van der Waals surface area (Å²) in [7, 11) is 0. The summed E-state index contributed by atoms with van der Waals surface area (Å²) in [6.45, 7) is 11.3. The number of rotatable bonds is 3. The molecule has 0 unspecified atom stereocenters. The first-order valence-corrected chi connectivity index (χ1v) is 6.29. The Bertz CT molecular complexity index is 371. The van der Waals surface area contributed by atoms with Gasteiger partial charge in [0.05, 0.1) is 6.54 Å². The summed E-state index contributed by atoms with van der Waals surface area (Å²) in [5.41, 5.74) is 0. The molecule has 0 saturated carbocycles. The normalized spacial score (nSPS) is 17.6. The first kappa shape index (κ1) is 12.4. The zero-order valence-corrected chi connectivity index (χ0v) is 10.9. The molecule has 1 aliphatic heterocycles. The van der Waals surface area contributed by atoms with Crippen molar-refractivity contribution in [1.82, 2.24) is 25.2 Å². The van der Waals surface area contributed by atoms with Crippen molar-refractivity contribution in [3.8, 4) is 0 Å². The first-order valence-electron chi connectivity index (χ1n) is 6.29. The van der Waals surface area contributed by atoms with Gasteiger partial charge in [-0.2, -0.15) is 0 Å². The highest BCUT2D eigenvalue weighted by Crippen LogP contribution is 2.10. The maximum Gasteiger partial charge on any atom is 0.146 e. The van der Waals surface area contributed by atoms with Gasteiger partial charge in [0.25, 0.3) is 0 Å². The summed E-state index contributed by atoms with van der Waals surface area (Å²) < 4.78 is 0. The van der Waals surface area contributed by atoms with Gasteiger partial charge in [-0.25, -0.2) is 15.0 Å². The molecule has 0 amide bonds. The van der Waals surface area contributed by atoms with Gasteiger partial charge >= 0.3 is 0 Å². The lowest BCUT2D eigenvalue weighted by Crippen LogP contribution is -2.43. The zero-order valence-electron chi connectivity index (χ0n) is 10.9. The molecule has 1 aromatic rings. The maximum atomic E-state index is 4.54. The van der Waals surface area contributed by atoms with Crippen LogP contribution in [0.15, 0.2) is 0 Å². The minimum atomic E-state index is 0.360.